The molecule has 8 rings (SSSR count). The minimum absolute atomic E-state index is 0.0325. The van der Waals surface area contributed by atoms with Gasteiger partial charge in [0.05, 0.1) is 18.3 Å². The van der Waals surface area contributed by atoms with Crippen LogP contribution >= 0.6 is 0 Å². The van der Waals surface area contributed by atoms with E-state index >= 15 is 0 Å². The quantitative estimate of drug-likeness (QED) is 0.320. The van der Waals surface area contributed by atoms with Gasteiger partial charge in [0.1, 0.15) is 18.2 Å². The van der Waals surface area contributed by atoms with Gasteiger partial charge in [-0.05, 0) is 116 Å². The summed E-state index contributed by atoms with van der Waals surface area (Å²) in [4.78, 5) is 40.1. The third kappa shape index (κ3) is 4.48. The van der Waals surface area contributed by atoms with Crippen LogP contribution in [0.25, 0.3) is 0 Å². The molecular formula is C40H63N3O7. The highest BCUT2D eigenvalue weighted by Crippen LogP contribution is 2.91. The Morgan fingerprint density at radius 3 is 2.36 bits per heavy atom. The van der Waals surface area contributed by atoms with Crippen molar-refractivity contribution in [3.05, 3.63) is 0 Å². The number of hydrogen-bond donors (Lipinski definition) is 3. The van der Waals surface area contributed by atoms with Gasteiger partial charge in [0.25, 0.3) is 0 Å². The number of carbonyl (C=O) groups is 3. The van der Waals surface area contributed by atoms with Crippen LogP contribution in [-0.4, -0.2) is 84.3 Å². The summed E-state index contributed by atoms with van der Waals surface area (Å²) in [6.45, 7) is 18.4. The Morgan fingerprint density at radius 1 is 0.960 bits per heavy atom. The molecule has 0 aromatic rings. The molecule has 10 nitrogen and oxygen atoms in total. The molecule has 3 amide bonds. The van der Waals surface area contributed by atoms with Crippen LogP contribution in [-0.2, 0) is 19.0 Å². The zero-order chi connectivity index (χ0) is 35.6. The molecular weight excluding hydrogens is 634 g/mol. The molecule has 3 heterocycles. The number of carbonyl (C=O) groups excluding carboxylic acids is 3. The number of nitrogens with one attached hydrogen (secondary N) is 2. The van der Waals surface area contributed by atoms with Crippen molar-refractivity contribution in [1.29, 1.82) is 0 Å². The van der Waals surface area contributed by atoms with E-state index in [0.29, 0.717) is 30.7 Å². The summed E-state index contributed by atoms with van der Waals surface area (Å²) < 4.78 is 19.3. The Labute approximate surface area is 298 Å². The number of alkyl carbamates (subject to hydrolysis) is 1. The summed E-state index contributed by atoms with van der Waals surface area (Å²) in [5.41, 5.74) is -0.177. The maximum Gasteiger partial charge on any atom is 0.410 e. The predicted octanol–water partition coefficient (Wildman–Crippen LogP) is 6.04. The fourth-order valence-corrected chi connectivity index (χ4v) is 14.5. The van der Waals surface area contributed by atoms with Gasteiger partial charge in [-0.3, -0.25) is 4.79 Å². The Balaban J connectivity index is 1.01. The van der Waals surface area contributed by atoms with E-state index in [9.17, 15) is 19.5 Å². The normalized spacial score (nSPS) is 49.1. The molecule has 280 valence electrons. The topological polar surface area (TPSA) is 126 Å². The summed E-state index contributed by atoms with van der Waals surface area (Å²) in [5, 5.41) is 18.3. The molecule has 2 spiro atoms. The van der Waals surface area contributed by atoms with Crippen molar-refractivity contribution in [2.24, 2.45) is 56.7 Å². The molecule has 3 unspecified atom stereocenters. The van der Waals surface area contributed by atoms with Crippen LogP contribution in [0.3, 0.4) is 0 Å². The van der Waals surface area contributed by atoms with E-state index in [1.165, 1.54) is 6.42 Å². The standard InChI is InChI=1S/C40H63N3O7/c1-22(2)30(50-35(47)43-20-9-21-43)26-12-11-24-31(48-26)32(44)38(7)28-14-13-27-36(4,5)29(49-34(46)42-25-10-8-19-41-33(25)45)15-16-39(27)23(3)40(28,39)18-17-37(24,38)6/h22-32,44H,8-21H2,1-7H3,(H,41,45)(H,42,46)/t23-,24+,25+,26?,27+,28?,29+,30-,31?,32+,37-,38-,39-,40+/m1/s1. The molecule has 8 fully saturated rings. The zero-order valence-electron chi connectivity index (χ0n) is 31.6. The van der Waals surface area contributed by atoms with E-state index in [2.05, 4.69) is 59.1 Å². The van der Waals surface area contributed by atoms with Gasteiger partial charge in [0.2, 0.25) is 5.91 Å². The van der Waals surface area contributed by atoms with Crippen LogP contribution in [0.15, 0.2) is 0 Å². The second-order valence-corrected chi connectivity index (χ2v) is 19.3. The van der Waals surface area contributed by atoms with Crippen molar-refractivity contribution >= 4 is 18.1 Å². The molecule has 8 aliphatic rings. The van der Waals surface area contributed by atoms with Crippen LogP contribution < -0.4 is 10.6 Å². The van der Waals surface area contributed by atoms with Crippen LogP contribution in [0.1, 0.15) is 119 Å². The van der Waals surface area contributed by atoms with E-state index in [1.54, 1.807) is 4.90 Å². The average Bonchev–Trinajstić information content (AvgIpc) is 3.52. The largest absolute Gasteiger partial charge is 0.446 e. The smallest absolute Gasteiger partial charge is 0.410 e. The maximum atomic E-state index is 13.1. The van der Waals surface area contributed by atoms with Gasteiger partial charge in [0, 0.05) is 30.5 Å². The first-order valence-corrected chi connectivity index (χ1v) is 20.2. The van der Waals surface area contributed by atoms with Gasteiger partial charge in [-0.25, -0.2) is 9.59 Å². The van der Waals surface area contributed by atoms with E-state index in [4.69, 9.17) is 14.2 Å². The monoisotopic (exact) mass is 697 g/mol. The number of nitrogens with zero attached hydrogens (tertiary/aromatic N) is 1. The molecule has 10 heteroatoms. The summed E-state index contributed by atoms with van der Waals surface area (Å²) in [6.07, 6.45) is 8.36. The number of piperidine rings is 1. The first kappa shape index (κ1) is 35.0. The van der Waals surface area contributed by atoms with Gasteiger partial charge in [-0.15, -0.1) is 0 Å². The molecule has 3 N–H and O–H groups in total. The summed E-state index contributed by atoms with van der Waals surface area (Å²) in [5.74, 6) is 1.65. The molecule has 0 bridgehead atoms. The van der Waals surface area contributed by atoms with Gasteiger partial charge >= 0.3 is 12.2 Å². The Hall–Kier alpha value is -2.07. The number of hydrogen-bond acceptors (Lipinski definition) is 7. The summed E-state index contributed by atoms with van der Waals surface area (Å²) in [7, 11) is 0. The molecule has 50 heavy (non-hydrogen) atoms. The number of rotatable bonds is 5. The minimum Gasteiger partial charge on any atom is -0.446 e. The fraction of sp³-hybridized carbons (Fsp3) is 0.925. The van der Waals surface area contributed by atoms with Crippen molar-refractivity contribution in [1.82, 2.24) is 15.5 Å². The van der Waals surface area contributed by atoms with Crippen LogP contribution in [0.2, 0.25) is 0 Å². The molecule has 0 radical (unpaired) electrons. The van der Waals surface area contributed by atoms with Gasteiger partial charge < -0.3 is 34.9 Å². The third-order valence-corrected chi connectivity index (χ3v) is 17.3. The highest BCUT2D eigenvalue weighted by molar-refractivity contribution is 5.86. The lowest BCUT2D eigenvalue weighted by Gasteiger charge is -2.63. The molecule has 3 aliphatic heterocycles. The van der Waals surface area contributed by atoms with Crippen molar-refractivity contribution in [3.8, 4) is 0 Å². The van der Waals surface area contributed by atoms with Crippen molar-refractivity contribution in [2.45, 2.75) is 156 Å². The molecule has 0 aromatic heterocycles. The first-order chi connectivity index (χ1) is 23.6. The number of aliphatic hydroxyl groups excluding tert-OH is 1. The summed E-state index contributed by atoms with van der Waals surface area (Å²) in [6, 6.07) is -0.522. The van der Waals surface area contributed by atoms with E-state index in [-0.39, 0.29) is 75.3 Å². The minimum atomic E-state index is -0.573. The zero-order valence-corrected chi connectivity index (χ0v) is 31.6. The lowest BCUT2D eigenvalue weighted by molar-refractivity contribution is -0.184. The number of amides is 3. The van der Waals surface area contributed by atoms with Crippen LogP contribution in [0, 0.1) is 56.7 Å². The Bertz CT molecular complexity index is 1400. The third-order valence-electron chi connectivity index (χ3n) is 17.3. The average molecular weight is 698 g/mol. The Kier molecular flexibility index (Phi) is 8.20. The number of aliphatic hydroxyl groups is 1. The lowest BCUT2D eigenvalue weighted by atomic mass is 9.41. The SMILES string of the molecule is CC(C)[C@@H](OC(=O)N1CCC1)C1CC[C@H]2C(O1)[C@H](O)[C@@]1(C)C3CC[C@H]4C(C)(C)[C@@H](OC(=O)N[C@H]5CCCNC5=O)CC[C@@]45[C@@H](C)[C@@]35CC[C@]21C. The molecule has 0 aromatic carbocycles. The molecule has 14 atom stereocenters. The highest BCUT2D eigenvalue weighted by Gasteiger charge is 2.87. The lowest BCUT2D eigenvalue weighted by Crippen LogP contribution is -2.60. The number of likely N-dealkylation sites (tertiary alicyclic amines) is 1. The van der Waals surface area contributed by atoms with Gasteiger partial charge in [-0.1, -0.05) is 48.5 Å². The predicted molar refractivity (Wildman–Crippen MR) is 187 cm³/mol. The van der Waals surface area contributed by atoms with Gasteiger partial charge in [-0.2, -0.15) is 0 Å². The van der Waals surface area contributed by atoms with E-state index < -0.39 is 18.2 Å². The second-order valence-electron chi connectivity index (χ2n) is 19.3. The van der Waals surface area contributed by atoms with Crippen LogP contribution in [0.5, 0.6) is 0 Å². The molecule has 5 saturated carbocycles. The highest BCUT2D eigenvalue weighted by atomic mass is 16.6. The second kappa shape index (κ2) is 11.7. The maximum absolute atomic E-state index is 13.1. The van der Waals surface area contributed by atoms with Gasteiger partial charge in [0.15, 0.2) is 0 Å². The van der Waals surface area contributed by atoms with Crippen molar-refractivity contribution in [3.63, 3.8) is 0 Å². The first-order valence-electron chi connectivity index (χ1n) is 20.2. The molecule has 5 aliphatic carbocycles. The summed E-state index contributed by atoms with van der Waals surface area (Å²) >= 11 is 0. The number of ether oxygens (including phenoxy) is 3. The fourth-order valence-electron chi connectivity index (χ4n) is 14.5. The van der Waals surface area contributed by atoms with Crippen molar-refractivity contribution in [2.75, 3.05) is 19.6 Å². The Morgan fingerprint density at radius 2 is 1.68 bits per heavy atom. The van der Waals surface area contributed by atoms with Crippen LogP contribution in [0.4, 0.5) is 9.59 Å². The van der Waals surface area contributed by atoms with E-state index in [0.717, 1.165) is 70.9 Å². The van der Waals surface area contributed by atoms with Crippen molar-refractivity contribution < 1.29 is 33.7 Å². The number of fused-ring (bicyclic) bond motifs is 4. The molecule has 3 saturated heterocycles. The van der Waals surface area contributed by atoms with E-state index in [1.807, 2.05) is 0 Å².